The molecule has 0 bridgehead atoms. The van der Waals surface area contributed by atoms with Crippen LogP contribution in [0.2, 0.25) is 0 Å². The highest BCUT2D eigenvalue weighted by Crippen LogP contribution is 2.41. The Balaban J connectivity index is 1.46. The third kappa shape index (κ3) is 4.53. The number of hydrogen-bond donors (Lipinski definition) is 1. The minimum Gasteiger partial charge on any atom is -0.489 e. The van der Waals surface area contributed by atoms with E-state index in [0.717, 1.165) is 17.7 Å². The molecule has 0 unspecified atom stereocenters. The molecule has 2 heterocycles. The van der Waals surface area contributed by atoms with Gasteiger partial charge in [0.1, 0.15) is 5.60 Å². The van der Waals surface area contributed by atoms with E-state index in [2.05, 4.69) is 30.3 Å². The second kappa shape index (κ2) is 7.17. The summed E-state index contributed by atoms with van der Waals surface area (Å²) in [5.41, 5.74) is 0.945. The van der Waals surface area contributed by atoms with E-state index < -0.39 is 0 Å². The zero-order valence-electron chi connectivity index (χ0n) is 15.0. The van der Waals surface area contributed by atoms with E-state index in [1.807, 2.05) is 31.3 Å². The first-order valence-corrected chi connectivity index (χ1v) is 8.63. The number of para-hydroxylation sites is 1. The van der Waals surface area contributed by atoms with E-state index in [0.29, 0.717) is 25.3 Å². The molecule has 3 rings (SSSR count). The molecule has 25 heavy (non-hydrogen) atoms. The molecule has 1 aromatic heterocycles. The van der Waals surface area contributed by atoms with Crippen molar-refractivity contribution in [1.29, 1.82) is 0 Å². The minimum atomic E-state index is -0.207. The monoisotopic (exact) mass is 343 g/mol. The van der Waals surface area contributed by atoms with Gasteiger partial charge in [0.25, 0.3) is 0 Å². The quantitative estimate of drug-likeness (QED) is 0.839. The number of benzene rings is 1. The Morgan fingerprint density at radius 1 is 1.44 bits per heavy atom. The van der Waals surface area contributed by atoms with E-state index >= 15 is 0 Å². The normalized spacial score (nSPS) is 16.0. The summed E-state index contributed by atoms with van der Waals surface area (Å²) in [5, 5.41) is 7.10. The van der Waals surface area contributed by atoms with Gasteiger partial charge in [0.2, 0.25) is 5.91 Å². The second-order valence-corrected chi connectivity index (χ2v) is 7.08. The first-order chi connectivity index (χ1) is 11.9. The van der Waals surface area contributed by atoms with Crippen molar-refractivity contribution >= 4 is 5.91 Å². The Kier molecular flexibility index (Phi) is 4.97. The zero-order chi connectivity index (χ0) is 17.9. The van der Waals surface area contributed by atoms with Crippen LogP contribution in [0.4, 0.5) is 0 Å². The first-order valence-electron chi connectivity index (χ1n) is 8.63. The van der Waals surface area contributed by atoms with Crippen molar-refractivity contribution in [3.8, 4) is 11.5 Å². The number of fused-ring (bicyclic) bond motifs is 1. The summed E-state index contributed by atoms with van der Waals surface area (Å²) < 4.78 is 13.6. The molecule has 0 radical (unpaired) electrons. The maximum atomic E-state index is 12.1. The summed E-state index contributed by atoms with van der Waals surface area (Å²) in [5.74, 6) is 1.48. The Bertz CT molecular complexity index is 726. The maximum absolute atomic E-state index is 12.1. The van der Waals surface area contributed by atoms with E-state index in [1.165, 1.54) is 0 Å². The number of carbonyl (C=O) groups is 1. The van der Waals surface area contributed by atoms with Gasteiger partial charge >= 0.3 is 0 Å². The standard InChI is InChI=1S/C19H25N3O3/c1-14(13-22-10-5-9-20-22)21-17(23)8-11-24-16-7-4-6-15-12-19(2,3)25-18(15)16/h4-7,9-10,14H,8,11-13H2,1-3H3,(H,21,23)/t14-/m0/s1. The lowest BCUT2D eigenvalue weighted by Crippen LogP contribution is -2.36. The van der Waals surface area contributed by atoms with Crippen LogP contribution < -0.4 is 14.8 Å². The molecular weight excluding hydrogens is 318 g/mol. The van der Waals surface area contributed by atoms with Crippen molar-refractivity contribution in [2.45, 2.75) is 51.8 Å². The molecule has 1 atom stereocenters. The van der Waals surface area contributed by atoms with Crippen molar-refractivity contribution < 1.29 is 14.3 Å². The third-order valence-electron chi connectivity index (χ3n) is 4.07. The summed E-state index contributed by atoms with van der Waals surface area (Å²) in [7, 11) is 0. The molecule has 0 saturated heterocycles. The van der Waals surface area contributed by atoms with Gasteiger partial charge in [-0.3, -0.25) is 9.48 Å². The number of nitrogens with zero attached hydrogens (tertiary/aromatic N) is 2. The van der Waals surface area contributed by atoms with Crippen LogP contribution in [0.15, 0.2) is 36.7 Å². The van der Waals surface area contributed by atoms with E-state index in [9.17, 15) is 4.79 Å². The van der Waals surface area contributed by atoms with E-state index in [4.69, 9.17) is 9.47 Å². The molecule has 0 saturated carbocycles. The van der Waals surface area contributed by atoms with Gasteiger partial charge in [0.15, 0.2) is 11.5 Å². The fourth-order valence-corrected chi connectivity index (χ4v) is 3.04. The Morgan fingerprint density at radius 2 is 2.28 bits per heavy atom. The van der Waals surface area contributed by atoms with Crippen LogP contribution in [0.5, 0.6) is 11.5 Å². The van der Waals surface area contributed by atoms with Gasteiger partial charge in [-0.25, -0.2) is 0 Å². The summed E-state index contributed by atoms with van der Waals surface area (Å²) >= 11 is 0. The Labute approximate surface area is 148 Å². The number of amides is 1. The highest BCUT2D eigenvalue weighted by atomic mass is 16.5. The molecule has 134 valence electrons. The molecule has 1 N–H and O–H groups in total. The Hall–Kier alpha value is -2.50. The first kappa shape index (κ1) is 17.3. The third-order valence-corrected chi connectivity index (χ3v) is 4.07. The van der Waals surface area contributed by atoms with Crippen LogP contribution in [0.1, 0.15) is 32.8 Å². The van der Waals surface area contributed by atoms with Gasteiger partial charge < -0.3 is 14.8 Å². The average molecular weight is 343 g/mol. The van der Waals surface area contributed by atoms with Gasteiger partial charge in [-0.1, -0.05) is 12.1 Å². The van der Waals surface area contributed by atoms with Crippen molar-refractivity contribution in [1.82, 2.24) is 15.1 Å². The van der Waals surface area contributed by atoms with Crippen LogP contribution >= 0.6 is 0 Å². The SMILES string of the molecule is C[C@@H](Cn1cccn1)NC(=O)CCOc1cccc2c1OC(C)(C)C2. The van der Waals surface area contributed by atoms with E-state index in [-0.39, 0.29) is 17.6 Å². The van der Waals surface area contributed by atoms with Crippen molar-refractivity contribution in [2.24, 2.45) is 0 Å². The minimum absolute atomic E-state index is 0.0116. The number of aromatic nitrogens is 2. The van der Waals surface area contributed by atoms with Gasteiger partial charge in [0.05, 0.1) is 19.6 Å². The topological polar surface area (TPSA) is 65.4 Å². The lowest BCUT2D eigenvalue weighted by Gasteiger charge is -2.18. The van der Waals surface area contributed by atoms with Crippen LogP contribution in [0, 0.1) is 0 Å². The van der Waals surface area contributed by atoms with Gasteiger partial charge in [-0.2, -0.15) is 5.10 Å². The largest absolute Gasteiger partial charge is 0.489 e. The summed E-state index contributed by atoms with van der Waals surface area (Å²) in [6.45, 7) is 7.05. The number of carbonyl (C=O) groups excluding carboxylic acids is 1. The lowest BCUT2D eigenvalue weighted by atomic mass is 10.0. The van der Waals surface area contributed by atoms with Crippen LogP contribution in [0.25, 0.3) is 0 Å². The molecule has 1 aliphatic heterocycles. The fraction of sp³-hybridized carbons (Fsp3) is 0.474. The van der Waals surface area contributed by atoms with Crippen molar-refractivity contribution in [3.05, 3.63) is 42.2 Å². The van der Waals surface area contributed by atoms with Crippen molar-refractivity contribution in [2.75, 3.05) is 6.61 Å². The van der Waals surface area contributed by atoms with Crippen molar-refractivity contribution in [3.63, 3.8) is 0 Å². The average Bonchev–Trinajstić information content (AvgIpc) is 3.13. The summed E-state index contributed by atoms with van der Waals surface area (Å²) in [6, 6.07) is 7.78. The number of hydrogen-bond acceptors (Lipinski definition) is 4. The van der Waals surface area contributed by atoms with Crippen LogP contribution in [-0.4, -0.2) is 33.9 Å². The highest BCUT2D eigenvalue weighted by molar-refractivity contribution is 5.76. The molecule has 2 aromatic rings. The Morgan fingerprint density at radius 3 is 3.04 bits per heavy atom. The maximum Gasteiger partial charge on any atom is 0.223 e. The molecule has 1 amide bonds. The second-order valence-electron chi connectivity index (χ2n) is 7.08. The molecule has 6 heteroatoms. The molecule has 6 nitrogen and oxygen atoms in total. The lowest BCUT2D eigenvalue weighted by molar-refractivity contribution is -0.122. The van der Waals surface area contributed by atoms with Gasteiger partial charge in [-0.05, 0) is 32.9 Å². The van der Waals surface area contributed by atoms with E-state index in [1.54, 1.807) is 10.9 Å². The predicted octanol–water partition coefficient (Wildman–Crippen LogP) is 2.57. The molecule has 0 fully saturated rings. The molecule has 1 aromatic carbocycles. The number of rotatable bonds is 7. The number of nitrogens with one attached hydrogen (secondary N) is 1. The van der Waals surface area contributed by atoms with Gasteiger partial charge in [-0.15, -0.1) is 0 Å². The smallest absolute Gasteiger partial charge is 0.223 e. The predicted molar refractivity (Wildman–Crippen MR) is 94.8 cm³/mol. The zero-order valence-corrected chi connectivity index (χ0v) is 15.0. The highest BCUT2D eigenvalue weighted by Gasteiger charge is 2.32. The molecule has 0 aliphatic carbocycles. The molecule has 1 aliphatic rings. The van der Waals surface area contributed by atoms with Crippen LogP contribution in [0.3, 0.4) is 0 Å². The van der Waals surface area contributed by atoms with Gasteiger partial charge in [0, 0.05) is 30.4 Å². The summed E-state index contributed by atoms with van der Waals surface area (Å²) in [4.78, 5) is 12.1. The number of ether oxygens (including phenoxy) is 2. The van der Waals surface area contributed by atoms with Crippen LogP contribution in [-0.2, 0) is 17.8 Å². The molecular formula is C19H25N3O3. The fourth-order valence-electron chi connectivity index (χ4n) is 3.04. The molecule has 0 spiro atoms. The summed E-state index contributed by atoms with van der Waals surface area (Å²) in [6.07, 6.45) is 4.77.